The second-order valence-corrected chi connectivity index (χ2v) is 10.5. The molecule has 4 atom stereocenters. The highest BCUT2D eigenvalue weighted by Gasteiger charge is 2.43. The summed E-state index contributed by atoms with van der Waals surface area (Å²) < 4.78 is 6.38. The standard InChI is InChI=1S/C23H31BrN2O4/c1-22(2,3)30-19(28)12-14-5-6-15(13-18(27)11-14)20-25-21(29)23(4,26-20)16-7-9-17(24)10-8-16/h7-10,14-15,18,27H,5-6,11-13H2,1-4H3,(H,25,26,29)/t14?,15?,18-,23-/m0/s1. The van der Waals surface area contributed by atoms with Crippen LogP contribution in [0.25, 0.3) is 0 Å². The van der Waals surface area contributed by atoms with Crippen LogP contribution in [0.5, 0.6) is 0 Å². The zero-order chi connectivity index (χ0) is 22.1. The molecular weight excluding hydrogens is 448 g/mol. The summed E-state index contributed by atoms with van der Waals surface area (Å²) in [7, 11) is 0. The van der Waals surface area contributed by atoms with Crippen molar-refractivity contribution in [3.8, 4) is 0 Å². The first-order valence-corrected chi connectivity index (χ1v) is 11.3. The Morgan fingerprint density at radius 1 is 1.27 bits per heavy atom. The highest BCUT2D eigenvalue weighted by atomic mass is 79.9. The maximum atomic E-state index is 12.8. The summed E-state index contributed by atoms with van der Waals surface area (Å²) in [5.41, 5.74) is -0.651. The molecule has 0 radical (unpaired) electrons. The van der Waals surface area contributed by atoms with Crippen LogP contribution in [0.4, 0.5) is 0 Å². The molecule has 0 saturated heterocycles. The monoisotopic (exact) mass is 478 g/mol. The summed E-state index contributed by atoms with van der Waals surface area (Å²) in [4.78, 5) is 29.8. The molecular formula is C23H31BrN2O4. The number of benzene rings is 1. The Morgan fingerprint density at radius 2 is 1.93 bits per heavy atom. The second kappa shape index (κ2) is 8.79. The van der Waals surface area contributed by atoms with Crippen LogP contribution in [0.15, 0.2) is 33.7 Å². The molecule has 6 nitrogen and oxygen atoms in total. The van der Waals surface area contributed by atoms with Crippen molar-refractivity contribution in [3.05, 3.63) is 34.3 Å². The van der Waals surface area contributed by atoms with E-state index in [2.05, 4.69) is 21.2 Å². The third-order valence-corrected chi connectivity index (χ3v) is 6.31. The van der Waals surface area contributed by atoms with Crippen LogP contribution in [0, 0.1) is 11.8 Å². The highest BCUT2D eigenvalue weighted by Crippen LogP contribution is 2.36. The lowest BCUT2D eigenvalue weighted by Gasteiger charge is -2.22. The molecule has 1 amide bonds. The molecule has 1 fully saturated rings. The van der Waals surface area contributed by atoms with Crippen molar-refractivity contribution in [3.63, 3.8) is 0 Å². The van der Waals surface area contributed by atoms with Crippen LogP contribution >= 0.6 is 15.9 Å². The van der Waals surface area contributed by atoms with E-state index in [0.717, 1.165) is 22.9 Å². The minimum absolute atomic E-state index is 0.0372. The van der Waals surface area contributed by atoms with Gasteiger partial charge in [-0.05, 0) is 77.0 Å². The molecule has 0 bridgehead atoms. The van der Waals surface area contributed by atoms with Crippen LogP contribution in [0.2, 0.25) is 0 Å². The van der Waals surface area contributed by atoms with Gasteiger partial charge in [-0.2, -0.15) is 0 Å². The van der Waals surface area contributed by atoms with E-state index in [4.69, 9.17) is 9.73 Å². The molecule has 2 aliphatic rings. The normalized spacial score (nSPS) is 29.7. The molecule has 1 aliphatic heterocycles. The number of aliphatic hydroxyl groups excluding tert-OH is 1. The number of aliphatic hydroxyl groups is 1. The smallest absolute Gasteiger partial charge is 0.306 e. The van der Waals surface area contributed by atoms with Crippen molar-refractivity contribution >= 4 is 33.6 Å². The largest absolute Gasteiger partial charge is 0.460 e. The van der Waals surface area contributed by atoms with E-state index in [1.807, 2.05) is 52.0 Å². The van der Waals surface area contributed by atoms with Gasteiger partial charge in [0.25, 0.3) is 5.91 Å². The van der Waals surface area contributed by atoms with Crippen molar-refractivity contribution in [1.29, 1.82) is 0 Å². The van der Waals surface area contributed by atoms with Gasteiger partial charge in [-0.3, -0.25) is 14.6 Å². The topological polar surface area (TPSA) is 88.0 Å². The maximum absolute atomic E-state index is 12.8. The van der Waals surface area contributed by atoms with Crippen molar-refractivity contribution in [2.24, 2.45) is 16.8 Å². The molecule has 1 saturated carbocycles. The number of amides is 1. The number of nitrogens with one attached hydrogen (secondary N) is 1. The van der Waals surface area contributed by atoms with E-state index in [0.29, 0.717) is 25.1 Å². The van der Waals surface area contributed by atoms with Crippen LogP contribution in [0.1, 0.15) is 65.4 Å². The van der Waals surface area contributed by atoms with Gasteiger partial charge < -0.3 is 15.2 Å². The zero-order valence-corrected chi connectivity index (χ0v) is 19.7. The van der Waals surface area contributed by atoms with Crippen molar-refractivity contribution < 1.29 is 19.4 Å². The van der Waals surface area contributed by atoms with Gasteiger partial charge in [0, 0.05) is 16.8 Å². The number of amidine groups is 1. The van der Waals surface area contributed by atoms with Gasteiger partial charge in [-0.1, -0.05) is 28.1 Å². The lowest BCUT2D eigenvalue weighted by Crippen LogP contribution is -2.37. The second-order valence-electron chi connectivity index (χ2n) is 9.59. The average Bonchev–Trinajstić information content (AvgIpc) is 2.80. The fourth-order valence-corrected chi connectivity index (χ4v) is 4.52. The number of hydrogen-bond acceptors (Lipinski definition) is 5. The number of hydrogen-bond donors (Lipinski definition) is 2. The minimum Gasteiger partial charge on any atom is -0.460 e. The predicted molar refractivity (Wildman–Crippen MR) is 119 cm³/mol. The third kappa shape index (κ3) is 5.49. The first-order chi connectivity index (χ1) is 14.0. The maximum Gasteiger partial charge on any atom is 0.306 e. The lowest BCUT2D eigenvalue weighted by atomic mass is 9.93. The Labute approximate surface area is 186 Å². The van der Waals surface area contributed by atoms with Crippen LogP contribution in [-0.4, -0.2) is 34.5 Å². The molecule has 0 spiro atoms. The van der Waals surface area contributed by atoms with E-state index in [1.54, 1.807) is 0 Å². The Hall–Kier alpha value is -1.73. The van der Waals surface area contributed by atoms with Crippen molar-refractivity contribution in [2.45, 2.75) is 77.0 Å². The predicted octanol–water partition coefficient (Wildman–Crippen LogP) is 4.09. The number of esters is 1. The Bertz CT molecular complexity index is 831. The number of halogens is 1. The molecule has 7 heteroatoms. The number of nitrogens with zero attached hydrogens (tertiary/aromatic N) is 1. The van der Waals surface area contributed by atoms with Gasteiger partial charge in [-0.15, -0.1) is 0 Å². The molecule has 1 aliphatic carbocycles. The lowest BCUT2D eigenvalue weighted by molar-refractivity contribution is -0.156. The molecule has 2 unspecified atom stereocenters. The number of aliphatic imine (C=N–C) groups is 1. The molecule has 1 heterocycles. The minimum atomic E-state index is -0.969. The summed E-state index contributed by atoms with van der Waals surface area (Å²) in [5, 5.41) is 13.5. The van der Waals surface area contributed by atoms with E-state index in [9.17, 15) is 14.7 Å². The first kappa shape index (κ1) is 22.9. The van der Waals surface area contributed by atoms with Crippen LogP contribution < -0.4 is 5.32 Å². The molecule has 0 aromatic heterocycles. The number of rotatable bonds is 4. The molecule has 30 heavy (non-hydrogen) atoms. The van der Waals surface area contributed by atoms with Gasteiger partial charge in [0.05, 0.1) is 6.10 Å². The van der Waals surface area contributed by atoms with E-state index in [-0.39, 0.29) is 23.7 Å². The summed E-state index contributed by atoms with van der Waals surface area (Å²) >= 11 is 3.42. The van der Waals surface area contributed by atoms with Gasteiger partial charge in [0.15, 0.2) is 5.54 Å². The fourth-order valence-electron chi connectivity index (χ4n) is 4.26. The number of ether oxygens (including phenoxy) is 1. The number of carbonyl (C=O) groups is 2. The average molecular weight is 479 g/mol. The molecule has 1 aromatic carbocycles. The SMILES string of the molecule is CC(C)(C)OC(=O)CC1CCC(C2=N[C@@](C)(c3ccc(Br)cc3)C(=O)N2)C[C@@H](O)C1. The van der Waals surface area contributed by atoms with E-state index in [1.165, 1.54) is 0 Å². The Balaban J connectivity index is 1.70. The van der Waals surface area contributed by atoms with Gasteiger partial charge in [-0.25, -0.2) is 0 Å². The molecule has 3 rings (SSSR count). The van der Waals surface area contributed by atoms with Crippen LogP contribution in [0.3, 0.4) is 0 Å². The van der Waals surface area contributed by atoms with Gasteiger partial charge in [0.1, 0.15) is 11.4 Å². The summed E-state index contributed by atoms with van der Waals surface area (Å²) in [6, 6.07) is 7.60. The summed E-state index contributed by atoms with van der Waals surface area (Å²) in [6.45, 7) is 7.38. The van der Waals surface area contributed by atoms with Crippen molar-refractivity contribution in [2.75, 3.05) is 0 Å². The Kier molecular flexibility index (Phi) is 6.72. The van der Waals surface area contributed by atoms with E-state index < -0.39 is 17.2 Å². The summed E-state index contributed by atoms with van der Waals surface area (Å²) in [5.74, 6) is 0.291. The first-order valence-electron chi connectivity index (χ1n) is 10.5. The van der Waals surface area contributed by atoms with Crippen LogP contribution in [-0.2, 0) is 19.9 Å². The fraction of sp³-hybridized carbons (Fsp3) is 0.609. The highest BCUT2D eigenvalue weighted by molar-refractivity contribution is 9.10. The van der Waals surface area contributed by atoms with E-state index >= 15 is 0 Å². The van der Waals surface area contributed by atoms with Gasteiger partial charge in [0.2, 0.25) is 0 Å². The Morgan fingerprint density at radius 3 is 2.57 bits per heavy atom. The van der Waals surface area contributed by atoms with Crippen molar-refractivity contribution in [1.82, 2.24) is 5.32 Å². The number of carbonyl (C=O) groups excluding carboxylic acids is 2. The van der Waals surface area contributed by atoms with Gasteiger partial charge >= 0.3 is 5.97 Å². The quantitative estimate of drug-likeness (QED) is 0.503. The summed E-state index contributed by atoms with van der Waals surface area (Å²) in [6.07, 6.45) is 2.40. The zero-order valence-electron chi connectivity index (χ0n) is 18.1. The third-order valence-electron chi connectivity index (χ3n) is 5.78. The molecule has 1 aromatic rings. The molecule has 2 N–H and O–H groups in total. The molecule has 164 valence electrons.